The number of H-pyrrole nitrogens is 1. The molecule has 0 saturated carbocycles. The quantitative estimate of drug-likeness (QED) is 0.177. The molecule has 1 aromatic carbocycles. The molecule has 3 rings (SSSR count). The molecule has 2 heterocycles. The number of tetrazole rings is 1. The molecule has 2 aromatic rings. The number of rotatable bonds is 16. The number of hydrogen-bond acceptors (Lipinski definition) is 11. The third kappa shape index (κ3) is 10.2. The van der Waals surface area contributed by atoms with Crippen LogP contribution in [0.25, 0.3) is 0 Å². The topological polar surface area (TPSA) is 203 Å². The molecule has 1 aliphatic rings. The summed E-state index contributed by atoms with van der Waals surface area (Å²) in [5, 5.41) is 18.8. The van der Waals surface area contributed by atoms with Crippen molar-refractivity contribution in [1.29, 1.82) is 0 Å². The van der Waals surface area contributed by atoms with Crippen molar-refractivity contribution in [3.8, 4) is 0 Å². The van der Waals surface area contributed by atoms with Gasteiger partial charge in [-0.2, -0.15) is 5.21 Å². The lowest BCUT2D eigenvalue weighted by atomic mass is 9.86. The second-order valence-electron chi connectivity index (χ2n) is 12.2. The van der Waals surface area contributed by atoms with Crippen LogP contribution in [0.2, 0.25) is 0 Å². The maximum absolute atomic E-state index is 13.5. The van der Waals surface area contributed by atoms with Crippen LogP contribution >= 0.6 is 0 Å². The summed E-state index contributed by atoms with van der Waals surface area (Å²) in [7, 11) is 0. The second-order valence-corrected chi connectivity index (χ2v) is 12.2. The van der Waals surface area contributed by atoms with E-state index < -0.39 is 47.0 Å². The molecule has 15 heteroatoms. The van der Waals surface area contributed by atoms with Gasteiger partial charge in [-0.1, -0.05) is 43.7 Å². The summed E-state index contributed by atoms with van der Waals surface area (Å²) in [5.74, 6) is -3.30. The van der Waals surface area contributed by atoms with Crippen LogP contribution in [-0.2, 0) is 51.2 Å². The summed E-state index contributed by atoms with van der Waals surface area (Å²) in [6.07, 6.45) is 0.493. The molecule has 0 fully saturated rings. The van der Waals surface area contributed by atoms with E-state index in [1.54, 1.807) is 32.9 Å². The minimum Gasteiger partial charge on any atom is -0.462 e. The summed E-state index contributed by atoms with van der Waals surface area (Å²) in [5.41, 5.74) is 0.724. The number of aromatic amines is 1. The number of amides is 3. The Hall–Kier alpha value is -4.69. The molecule has 0 aliphatic carbocycles. The van der Waals surface area contributed by atoms with Crippen LogP contribution < -0.4 is 15.5 Å². The highest BCUT2D eigenvalue weighted by Gasteiger charge is 2.38. The molecule has 0 spiro atoms. The average Bonchev–Trinajstić information content (AvgIpc) is 3.69. The lowest BCUT2D eigenvalue weighted by Gasteiger charge is -2.26. The van der Waals surface area contributed by atoms with E-state index >= 15 is 0 Å². The number of nitrogens with one attached hydrogen (secondary N) is 3. The van der Waals surface area contributed by atoms with Crippen molar-refractivity contribution in [2.45, 2.75) is 79.3 Å². The van der Waals surface area contributed by atoms with E-state index in [0.29, 0.717) is 18.5 Å². The number of para-hydroxylation sites is 1. The first-order valence-electron chi connectivity index (χ1n) is 15.3. The number of benzene rings is 1. The van der Waals surface area contributed by atoms with Gasteiger partial charge < -0.3 is 20.1 Å². The van der Waals surface area contributed by atoms with Crippen LogP contribution in [-0.4, -0.2) is 81.9 Å². The zero-order chi connectivity index (χ0) is 33.9. The number of carbonyl (C=O) groups is 6. The monoisotopic (exact) mass is 641 g/mol. The van der Waals surface area contributed by atoms with Gasteiger partial charge in [0.25, 0.3) is 0 Å². The van der Waals surface area contributed by atoms with Crippen LogP contribution in [0.15, 0.2) is 24.3 Å². The number of aromatic nitrogens is 4. The number of ketones is 1. The van der Waals surface area contributed by atoms with Gasteiger partial charge in [0, 0.05) is 30.9 Å². The van der Waals surface area contributed by atoms with Crippen LogP contribution in [0.3, 0.4) is 0 Å². The van der Waals surface area contributed by atoms with Gasteiger partial charge in [-0.25, -0.2) is 0 Å². The molecule has 250 valence electrons. The molecule has 1 aliphatic heterocycles. The fourth-order valence-corrected chi connectivity index (χ4v) is 4.83. The third-order valence-corrected chi connectivity index (χ3v) is 7.69. The van der Waals surface area contributed by atoms with Crippen molar-refractivity contribution >= 4 is 41.1 Å². The first-order valence-corrected chi connectivity index (χ1v) is 15.3. The lowest BCUT2D eigenvalue weighted by molar-refractivity contribution is -0.158. The summed E-state index contributed by atoms with van der Waals surface area (Å²) in [4.78, 5) is 77.8. The number of nitrogens with zero attached hydrogens (tertiary/aromatic N) is 4. The van der Waals surface area contributed by atoms with Crippen molar-refractivity contribution in [2.75, 3.05) is 24.7 Å². The molecule has 15 nitrogen and oxygen atoms in total. The number of esters is 2. The summed E-state index contributed by atoms with van der Waals surface area (Å²) >= 11 is 0. The molecule has 3 N–H and O–H groups in total. The minimum atomic E-state index is -0.842. The molecular formula is C31H43N7O8. The van der Waals surface area contributed by atoms with Gasteiger partial charge in [0.15, 0.2) is 5.82 Å². The largest absolute Gasteiger partial charge is 0.462 e. The highest BCUT2D eigenvalue weighted by Crippen LogP contribution is 2.32. The van der Waals surface area contributed by atoms with Gasteiger partial charge in [0.05, 0.1) is 24.9 Å². The van der Waals surface area contributed by atoms with Crippen LogP contribution in [0.4, 0.5) is 5.69 Å². The van der Waals surface area contributed by atoms with Crippen LogP contribution in [0.5, 0.6) is 0 Å². The summed E-state index contributed by atoms with van der Waals surface area (Å²) in [6, 6.07) is 6.32. The van der Waals surface area contributed by atoms with Crippen molar-refractivity contribution in [3.05, 3.63) is 35.7 Å². The summed E-state index contributed by atoms with van der Waals surface area (Å²) < 4.78 is 10.1. The Morgan fingerprint density at radius 1 is 1.04 bits per heavy atom. The van der Waals surface area contributed by atoms with Gasteiger partial charge in [-0.15, -0.1) is 10.2 Å². The number of fused-ring (bicyclic) bond motifs is 1. The van der Waals surface area contributed by atoms with Gasteiger partial charge in [-0.3, -0.25) is 33.7 Å². The number of carbonyl (C=O) groups excluding carboxylic acids is 6. The Labute approximate surface area is 267 Å². The van der Waals surface area contributed by atoms with E-state index in [2.05, 4.69) is 31.3 Å². The van der Waals surface area contributed by atoms with Gasteiger partial charge in [0.2, 0.25) is 17.7 Å². The molecule has 1 aromatic heterocycles. The Bertz CT molecular complexity index is 1390. The van der Waals surface area contributed by atoms with E-state index in [4.69, 9.17) is 9.47 Å². The Morgan fingerprint density at radius 2 is 1.76 bits per heavy atom. The normalized spacial score (nSPS) is 15.3. The number of hydrogen-bond donors (Lipinski definition) is 3. The fourth-order valence-electron chi connectivity index (χ4n) is 4.83. The number of ether oxygens (including phenoxy) is 2. The molecule has 0 unspecified atom stereocenters. The van der Waals surface area contributed by atoms with E-state index in [1.165, 1.54) is 4.90 Å². The molecular weight excluding hydrogens is 598 g/mol. The number of Topliss-reactive ketones (excluding diaryl/α,β-unsaturated/α-hetero) is 1. The Kier molecular flexibility index (Phi) is 12.9. The molecule has 0 radical (unpaired) electrons. The smallest absolute Gasteiger partial charge is 0.311 e. The van der Waals surface area contributed by atoms with Gasteiger partial charge in [-0.05, 0) is 38.3 Å². The van der Waals surface area contributed by atoms with E-state index in [0.717, 1.165) is 5.56 Å². The highest BCUT2D eigenvalue weighted by molar-refractivity contribution is 6.05. The fraction of sp³-hybridized carbons (Fsp3) is 0.581. The number of anilines is 1. The molecule has 0 bridgehead atoms. The Balaban J connectivity index is 1.52. The van der Waals surface area contributed by atoms with Gasteiger partial charge in [0.1, 0.15) is 25.0 Å². The first-order chi connectivity index (χ1) is 21.8. The van der Waals surface area contributed by atoms with Crippen molar-refractivity contribution < 1.29 is 38.2 Å². The summed E-state index contributed by atoms with van der Waals surface area (Å²) in [6.45, 7) is 8.31. The minimum absolute atomic E-state index is 0.0240. The van der Waals surface area contributed by atoms with E-state index in [-0.39, 0.29) is 63.1 Å². The molecule has 3 amide bonds. The molecule has 3 atom stereocenters. The maximum atomic E-state index is 13.5. The highest BCUT2D eigenvalue weighted by atomic mass is 16.6. The SMILES string of the molecule is CC[C@H](C)[C@H](CC(=O)CCC(=O)OCCOC(=O)C(C)(C)C)C(=O)NCC(=O)N1c2ccccc2C[C@H]1C(=O)NCc1nn[nH]n1. The molecule has 0 saturated heterocycles. The second kappa shape index (κ2) is 16.6. The zero-order valence-electron chi connectivity index (χ0n) is 27.0. The standard InChI is InChI=1S/C31H43N7O8/c1-6-19(2)22(16-21(39)11-12-27(41)45-13-14-46-30(44)31(3,4)5)28(42)33-18-26(40)38-23-10-8-7-9-20(23)15-24(38)29(43)32-17-25-34-36-37-35-25/h7-10,19,22,24H,6,11-18H2,1-5H3,(H,32,43)(H,33,42)(H,34,35,36,37)/t19-,22-,24-/m0/s1. The van der Waals surface area contributed by atoms with Crippen LogP contribution in [0, 0.1) is 17.3 Å². The van der Waals surface area contributed by atoms with Crippen molar-refractivity contribution in [3.63, 3.8) is 0 Å². The Morgan fingerprint density at radius 3 is 2.43 bits per heavy atom. The van der Waals surface area contributed by atoms with Crippen LogP contribution in [0.1, 0.15) is 71.7 Å². The van der Waals surface area contributed by atoms with Gasteiger partial charge >= 0.3 is 11.9 Å². The van der Waals surface area contributed by atoms with E-state index in [1.807, 2.05) is 26.0 Å². The van der Waals surface area contributed by atoms with E-state index in [9.17, 15) is 28.8 Å². The third-order valence-electron chi connectivity index (χ3n) is 7.69. The molecule has 46 heavy (non-hydrogen) atoms. The lowest BCUT2D eigenvalue weighted by Crippen LogP contribution is -2.51. The maximum Gasteiger partial charge on any atom is 0.311 e. The predicted octanol–water partition coefficient (Wildman–Crippen LogP) is 1.42. The zero-order valence-corrected chi connectivity index (χ0v) is 27.0. The first kappa shape index (κ1) is 35.8. The predicted molar refractivity (Wildman–Crippen MR) is 164 cm³/mol. The van der Waals surface area contributed by atoms with Crippen molar-refractivity contribution in [1.82, 2.24) is 31.3 Å². The average molecular weight is 642 g/mol. The van der Waals surface area contributed by atoms with Crippen molar-refractivity contribution in [2.24, 2.45) is 17.3 Å².